The number of hydrogen-bond acceptors (Lipinski definition) is 2. The van der Waals surface area contributed by atoms with Gasteiger partial charge in [0.05, 0.1) is 12.7 Å². The van der Waals surface area contributed by atoms with Crippen molar-refractivity contribution in [3.05, 3.63) is 47.5 Å². The molecule has 1 saturated heterocycles. The average molecular weight is 364 g/mol. The summed E-state index contributed by atoms with van der Waals surface area (Å²) in [5.74, 6) is 3.58. The maximum atomic E-state index is 6.34. The van der Waals surface area contributed by atoms with Crippen LogP contribution in [0.1, 0.15) is 48.8 Å². The zero-order valence-corrected chi connectivity index (χ0v) is 16.7. The minimum absolute atomic E-state index is 0.369. The highest BCUT2D eigenvalue weighted by molar-refractivity contribution is 5.45. The minimum Gasteiger partial charge on any atom is -0.374 e. The zero-order chi connectivity index (χ0) is 18.2. The van der Waals surface area contributed by atoms with Crippen molar-refractivity contribution in [3.8, 4) is 0 Å². The van der Waals surface area contributed by atoms with E-state index in [1.165, 1.54) is 57.2 Å². The van der Waals surface area contributed by atoms with Crippen LogP contribution in [0, 0.1) is 30.6 Å². The molecule has 3 saturated carbocycles. The summed E-state index contributed by atoms with van der Waals surface area (Å²) in [5.41, 5.74) is 5.15. The van der Waals surface area contributed by atoms with Crippen molar-refractivity contribution in [1.82, 2.24) is 4.90 Å². The van der Waals surface area contributed by atoms with Crippen LogP contribution in [0.5, 0.6) is 0 Å². The number of piperidine rings is 1. The van der Waals surface area contributed by atoms with E-state index in [1.807, 2.05) is 6.08 Å². The standard InChI is InChI=1S/C25H33NO/c1-3-10-27-23-14-25-8-9-26(15-17-5-6-17)22(24(25)20-13-19(20)23)12-18-7-4-16(2)11-21(18)25/h3-4,7,11,17,19-20,22-24H,1,5-6,8-10,12-15H2,2H3/t19?,20?,22?,23?,24?,25-/m1/s1. The van der Waals surface area contributed by atoms with Crippen molar-refractivity contribution in [3.63, 3.8) is 0 Å². The lowest BCUT2D eigenvalue weighted by atomic mass is 9.51. The van der Waals surface area contributed by atoms with E-state index in [-0.39, 0.29) is 0 Å². The average Bonchev–Trinajstić information content (AvgIpc) is 3.57. The molecule has 1 heterocycles. The van der Waals surface area contributed by atoms with Crippen LogP contribution >= 0.6 is 0 Å². The summed E-state index contributed by atoms with van der Waals surface area (Å²) in [6.45, 7) is 9.54. The highest BCUT2D eigenvalue weighted by Gasteiger charge is 2.66. The number of likely N-dealkylation sites (tertiary alicyclic amines) is 1. The molecular weight excluding hydrogens is 330 g/mol. The van der Waals surface area contributed by atoms with Crippen LogP contribution < -0.4 is 0 Å². The molecule has 0 N–H and O–H groups in total. The second kappa shape index (κ2) is 5.94. The Hall–Kier alpha value is -1.12. The van der Waals surface area contributed by atoms with Crippen LogP contribution in [0.15, 0.2) is 30.9 Å². The smallest absolute Gasteiger partial charge is 0.0648 e. The molecule has 0 spiro atoms. The van der Waals surface area contributed by atoms with E-state index in [2.05, 4.69) is 36.6 Å². The first kappa shape index (κ1) is 16.8. The zero-order valence-electron chi connectivity index (χ0n) is 16.7. The molecule has 5 aliphatic rings. The largest absolute Gasteiger partial charge is 0.374 e. The predicted molar refractivity (Wildman–Crippen MR) is 109 cm³/mol. The third-order valence-electron chi connectivity index (χ3n) is 8.61. The Labute approximate surface area is 164 Å². The first-order chi connectivity index (χ1) is 13.2. The molecule has 1 aromatic rings. The Morgan fingerprint density at radius 1 is 1.30 bits per heavy atom. The molecule has 2 bridgehead atoms. The lowest BCUT2D eigenvalue weighted by molar-refractivity contribution is -0.0729. The molecule has 4 aliphatic carbocycles. The molecule has 144 valence electrons. The quantitative estimate of drug-likeness (QED) is 0.714. The number of fused-ring (bicyclic) bond motifs is 2. The van der Waals surface area contributed by atoms with Crippen LogP contribution in [-0.4, -0.2) is 36.7 Å². The van der Waals surface area contributed by atoms with Crippen LogP contribution in [0.3, 0.4) is 0 Å². The molecule has 5 unspecified atom stereocenters. The number of aryl methyl sites for hydroxylation is 1. The molecule has 27 heavy (non-hydrogen) atoms. The highest BCUT2D eigenvalue weighted by atomic mass is 16.5. The second-order valence-corrected chi connectivity index (χ2v) is 10.2. The van der Waals surface area contributed by atoms with Crippen LogP contribution in [0.4, 0.5) is 0 Å². The number of hydrogen-bond donors (Lipinski definition) is 0. The molecule has 2 nitrogen and oxygen atoms in total. The molecule has 0 amide bonds. The highest BCUT2D eigenvalue weighted by Crippen LogP contribution is 2.67. The Morgan fingerprint density at radius 2 is 2.19 bits per heavy atom. The van der Waals surface area contributed by atoms with Gasteiger partial charge in [-0.15, -0.1) is 6.58 Å². The molecule has 0 aromatic heterocycles. The summed E-state index contributed by atoms with van der Waals surface area (Å²) in [5, 5.41) is 0. The summed E-state index contributed by atoms with van der Waals surface area (Å²) < 4.78 is 6.34. The predicted octanol–water partition coefficient (Wildman–Crippen LogP) is 4.50. The van der Waals surface area contributed by atoms with E-state index in [0.717, 1.165) is 29.7 Å². The van der Waals surface area contributed by atoms with Gasteiger partial charge in [-0.05, 0) is 86.8 Å². The van der Waals surface area contributed by atoms with Gasteiger partial charge in [-0.1, -0.05) is 29.8 Å². The third kappa shape index (κ3) is 2.52. The molecular formula is C25H33NO. The topological polar surface area (TPSA) is 12.5 Å². The van der Waals surface area contributed by atoms with Crippen molar-refractivity contribution in [2.75, 3.05) is 19.7 Å². The molecule has 0 radical (unpaired) electrons. The second-order valence-electron chi connectivity index (χ2n) is 10.2. The van der Waals surface area contributed by atoms with Gasteiger partial charge < -0.3 is 4.74 Å². The molecule has 6 atom stereocenters. The molecule has 6 rings (SSSR count). The van der Waals surface area contributed by atoms with E-state index < -0.39 is 0 Å². The van der Waals surface area contributed by atoms with Crippen molar-refractivity contribution in [2.24, 2.45) is 23.7 Å². The number of nitrogens with zero attached hydrogens (tertiary/aromatic N) is 1. The fourth-order valence-electron chi connectivity index (χ4n) is 7.26. The summed E-state index contributed by atoms with van der Waals surface area (Å²) in [6, 6.07) is 8.12. The summed E-state index contributed by atoms with van der Waals surface area (Å²) in [6.07, 6.45) is 10.6. The maximum Gasteiger partial charge on any atom is 0.0648 e. The van der Waals surface area contributed by atoms with E-state index in [9.17, 15) is 0 Å². The first-order valence-corrected chi connectivity index (χ1v) is 11.3. The molecule has 1 aliphatic heterocycles. The van der Waals surface area contributed by atoms with Gasteiger partial charge in [0.2, 0.25) is 0 Å². The monoisotopic (exact) mass is 363 g/mol. The Bertz CT molecular complexity index is 768. The van der Waals surface area contributed by atoms with E-state index in [1.54, 1.807) is 11.1 Å². The van der Waals surface area contributed by atoms with Crippen molar-refractivity contribution >= 4 is 0 Å². The summed E-state index contributed by atoms with van der Waals surface area (Å²) in [7, 11) is 0. The number of rotatable bonds is 5. The summed E-state index contributed by atoms with van der Waals surface area (Å²) >= 11 is 0. The molecule has 2 heteroatoms. The number of benzene rings is 1. The Morgan fingerprint density at radius 3 is 3.00 bits per heavy atom. The van der Waals surface area contributed by atoms with Gasteiger partial charge >= 0.3 is 0 Å². The molecule has 4 fully saturated rings. The normalized spacial score (nSPS) is 42.0. The molecule has 1 aromatic carbocycles. The van der Waals surface area contributed by atoms with Gasteiger partial charge in [-0.2, -0.15) is 0 Å². The first-order valence-electron chi connectivity index (χ1n) is 11.3. The van der Waals surface area contributed by atoms with Crippen molar-refractivity contribution < 1.29 is 4.74 Å². The fraction of sp³-hybridized carbons (Fsp3) is 0.680. The van der Waals surface area contributed by atoms with Gasteiger partial charge in [0.25, 0.3) is 0 Å². The minimum atomic E-state index is 0.369. The van der Waals surface area contributed by atoms with Gasteiger partial charge in [-0.3, -0.25) is 4.90 Å². The fourth-order valence-corrected chi connectivity index (χ4v) is 7.26. The maximum absolute atomic E-state index is 6.34. The summed E-state index contributed by atoms with van der Waals surface area (Å²) in [4.78, 5) is 2.92. The van der Waals surface area contributed by atoms with Gasteiger partial charge in [0.1, 0.15) is 0 Å². The van der Waals surface area contributed by atoms with Gasteiger partial charge in [-0.25, -0.2) is 0 Å². The number of ether oxygens (including phenoxy) is 1. The van der Waals surface area contributed by atoms with Crippen molar-refractivity contribution in [2.45, 2.75) is 63.0 Å². The van der Waals surface area contributed by atoms with Crippen molar-refractivity contribution in [1.29, 1.82) is 0 Å². The van der Waals surface area contributed by atoms with E-state index >= 15 is 0 Å². The van der Waals surface area contributed by atoms with Gasteiger partial charge in [0.15, 0.2) is 0 Å². The van der Waals surface area contributed by atoms with Crippen LogP contribution in [0.25, 0.3) is 0 Å². The lowest BCUT2D eigenvalue weighted by Crippen LogP contribution is -2.63. The van der Waals surface area contributed by atoms with Gasteiger partial charge in [0, 0.05) is 18.0 Å². The lowest BCUT2D eigenvalue weighted by Gasteiger charge is -2.60. The van der Waals surface area contributed by atoms with E-state index in [0.29, 0.717) is 18.1 Å². The third-order valence-corrected chi connectivity index (χ3v) is 8.61. The Balaban J connectivity index is 1.42. The van der Waals surface area contributed by atoms with Crippen LogP contribution in [0.2, 0.25) is 0 Å². The SMILES string of the molecule is C=CCOC1C[C@]23CCN(CC4CC4)C(Cc4ccc(C)cc42)C3C2CC12. The van der Waals surface area contributed by atoms with Crippen LogP contribution in [-0.2, 0) is 16.6 Å². The Kier molecular flexibility index (Phi) is 3.69. The van der Waals surface area contributed by atoms with E-state index in [4.69, 9.17) is 4.74 Å².